The SMILES string of the molecule is CC(C)CC(NC(=O)C(Cc1cnc[nH]1)NC(=O)C(C)NC(=O)C(N)CCCCN)C(=O)O. The number of hydrogen-bond donors (Lipinski definition) is 7. The van der Waals surface area contributed by atoms with Crippen LogP contribution in [0.15, 0.2) is 12.5 Å². The quantitative estimate of drug-likeness (QED) is 0.159. The number of carbonyl (C=O) groups excluding carboxylic acids is 3. The van der Waals surface area contributed by atoms with E-state index in [1.54, 1.807) is 0 Å². The monoisotopic (exact) mass is 467 g/mol. The summed E-state index contributed by atoms with van der Waals surface area (Å²) in [7, 11) is 0. The second kappa shape index (κ2) is 14.2. The van der Waals surface area contributed by atoms with Crippen molar-refractivity contribution in [2.24, 2.45) is 17.4 Å². The lowest BCUT2D eigenvalue weighted by molar-refractivity contribution is -0.142. The number of carboxylic acid groups (broad SMARTS) is 1. The number of rotatable bonds is 15. The minimum absolute atomic E-state index is 0.0383. The Hall–Kier alpha value is -2.99. The number of carboxylic acids is 1. The van der Waals surface area contributed by atoms with Gasteiger partial charge in [-0.05, 0) is 38.6 Å². The van der Waals surface area contributed by atoms with Crippen LogP contribution >= 0.6 is 0 Å². The maximum Gasteiger partial charge on any atom is 0.326 e. The van der Waals surface area contributed by atoms with Crippen LogP contribution in [0.1, 0.15) is 52.1 Å². The van der Waals surface area contributed by atoms with Crippen molar-refractivity contribution in [3.63, 3.8) is 0 Å². The second-order valence-electron chi connectivity index (χ2n) is 8.49. The van der Waals surface area contributed by atoms with Crippen LogP contribution < -0.4 is 27.4 Å². The summed E-state index contributed by atoms with van der Waals surface area (Å²) in [5.74, 6) is -2.85. The lowest BCUT2D eigenvalue weighted by Crippen LogP contribution is -2.57. The first-order valence-electron chi connectivity index (χ1n) is 11.1. The van der Waals surface area contributed by atoms with Crippen LogP contribution in [-0.4, -0.2) is 69.5 Å². The van der Waals surface area contributed by atoms with Gasteiger partial charge in [0, 0.05) is 18.3 Å². The van der Waals surface area contributed by atoms with Crippen molar-refractivity contribution in [3.8, 4) is 0 Å². The number of imidazole rings is 1. The fourth-order valence-electron chi connectivity index (χ4n) is 3.11. The molecule has 33 heavy (non-hydrogen) atoms. The predicted octanol–water partition coefficient (Wildman–Crippen LogP) is -0.986. The molecule has 1 rings (SSSR count). The molecule has 0 aliphatic heterocycles. The molecule has 1 aromatic rings. The summed E-state index contributed by atoms with van der Waals surface area (Å²) in [6.07, 6.45) is 5.11. The number of amides is 3. The number of aromatic amines is 1. The van der Waals surface area contributed by atoms with E-state index in [1.807, 2.05) is 13.8 Å². The zero-order valence-electron chi connectivity index (χ0n) is 19.5. The van der Waals surface area contributed by atoms with E-state index in [0.717, 1.165) is 6.42 Å². The second-order valence-corrected chi connectivity index (χ2v) is 8.49. The summed E-state index contributed by atoms with van der Waals surface area (Å²) in [6, 6.07) is -3.91. The molecule has 0 saturated heterocycles. The number of unbranched alkanes of at least 4 members (excludes halogenated alkanes) is 1. The minimum atomic E-state index is -1.16. The average Bonchev–Trinajstić information content (AvgIpc) is 3.25. The molecule has 0 aliphatic carbocycles. The van der Waals surface area contributed by atoms with E-state index in [1.165, 1.54) is 19.4 Å². The first-order valence-corrected chi connectivity index (χ1v) is 11.1. The molecule has 4 unspecified atom stereocenters. The zero-order valence-corrected chi connectivity index (χ0v) is 19.5. The minimum Gasteiger partial charge on any atom is -0.480 e. The smallest absolute Gasteiger partial charge is 0.326 e. The fourth-order valence-corrected chi connectivity index (χ4v) is 3.11. The van der Waals surface area contributed by atoms with Gasteiger partial charge in [-0.1, -0.05) is 20.3 Å². The van der Waals surface area contributed by atoms with Crippen LogP contribution in [0.4, 0.5) is 0 Å². The van der Waals surface area contributed by atoms with Crippen LogP contribution in [0.2, 0.25) is 0 Å². The van der Waals surface area contributed by atoms with Crippen LogP contribution in [0.25, 0.3) is 0 Å². The Labute approximate surface area is 193 Å². The van der Waals surface area contributed by atoms with Gasteiger partial charge in [0.15, 0.2) is 0 Å². The molecule has 0 saturated carbocycles. The van der Waals surface area contributed by atoms with Crippen molar-refractivity contribution in [2.45, 2.75) is 77.0 Å². The maximum absolute atomic E-state index is 12.9. The van der Waals surface area contributed by atoms with E-state index < -0.39 is 47.9 Å². The third kappa shape index (κ3) is 10.4. The third-order valence-corrected chi connectivity index (χ3v) is 4.99. The molecule has 9 N–H and O–H groups in total. The number of aromatic nitrogens is 2. The van der Waals surface area contributed by atoms with E-state index in [2.05, 4.69) is 25.9 Å². The number of nitrogens with two attached hydrogens (primary N) is 2. The van der Waals surface area contributed by atoms with Crippen molar-refractivity contribution in [2.75, 3.05) is 6.54 Å². The van der Waals surface area contributed by atoms with Gasteiger partial charge >= 0.3 is 5.97 Å². The molecule has 0 radical (unpaired) electrons. The summed E-state index contributed by atoms with van der Waals surface area (Å²) < 4.78 is 0. The number of aliphatic carboxylic acids is 1. The summed E-state index contributed by atoms with van der Waals surface area (Å²) in [4.78, 5) is 56.1. The summed E-state index contributed by atoms with van der Waals surface area (Å²) in [5, 5.41) is 17.0. The highest BCUT2D eigenvalue weighted by Gasteiger charge is 2.29. The van der Waals surface area contributed by atoms with Crippen molar-refractivity contribution in [1.82, 2.24) is 25.9 Å². The Morgan fingerprint density at radius 2 is 1.70 bits per heavy atom. The van der Waals surface area contributed by atoms with E-state index in [0.29, 0.717) is 25.1 Å². The highest BCUT2D eigenvalue weighted by molar-refractivity contribution is 5.94. The molecule has 0 aliphatic rings. The summed E-state index contributed by atoms with van der Waals surface area (Å²) >= 11 is 0. The Morgan fingerprint density at radius 3 is 2.24 bits per heavy atom. The lowest BCUT2D eigenvalue weighted by Gasteiger charge is -2.24. The largest absolute Gasteiger partial charge is 0.480 e. The molecule has 0 spiro atoms. The van der Waals surface area contributed by atoms with Crippen molar-refractivity contribution >= 4 is 23.7 Å². The van der Waals surface area contributed by atoms with Crippen molar-refractivity contribution in [3.05, 3.63) is 18.2 Å². The topological polar surface area (TPSA) is 205 Å². The maximum atomic E-state index is 12.9. The van der Waals surface area contributed by atoms with E-state index in [9.17, 15) is 24.3 Å². The molecule has 0 bridgehead atoms. The van der Waals surface area contributed by atoms with E-state index >= 15 is 0 Å². The van der Waals surface area contributed by atoms with Gasteiger partial charge in [-0.15, -0.1) is 0 Å². The molecule has 4 atom stereocenters. The molecule has 3 amide bonds. The average molecular weight is 468 g/mol. The van der Waals surface area contributed by atoms with E-state index in [4.69, 9.17) is 11.5 Å². The summed E-state index contributed by atoms with van der Waals surface area (Å²) in [5.41, 5.74) is 11.9. The number of H-pyrrole nitrogens is 1. The normalized spacial score (nSPS) is 14.7. The number of carbonyl (C=O) groups is 4. The van der Waals surface area contributed by atoms with Gasteiger partial charge in [0.25, 0.3) is 0 Å². The van der Waals surface area contributed by atoms with Gasteiger partial charge in [-0.2, -0.15) is 0 Å². The summed E-state index contributed by atoms with van der Waals surface area (Å²) in [6.45, 7) is 5.67. The third-order valence-electron chi connectivity index (χ3n) is 4.99. The van der Waals surface area contributed by atoms with Crippen LogP contribution in [0.3, 0.4) is 0 Å². The van der Waals surface area contributed by atoms with Gasteiger partial charge < -0.3 is 37.5 Å². The van der Waals surface area contributed by atoms with Gasteiger partial charge in [0.1, 0.15) is 18.1 Å². The molecular weight excluding hydrogens is 430 g/mol. The van der Waals surface area contributed by atoms with Crippen molar-refractivity contribution in [1.29, 1.82) is 0 Å². The number of nitrogens with zero attached hydrogens (tertiary/aromatic N) is 1. The van der Waals surface area contributed by atoms with Crippen LogP contribution in [0.5, 0.6) is 0 Å². The standard InChI is InChI=1S/C21H37N7O5/c1-12(2)8-17(21(32)33)28-20(31)16(9-14-10-24-11-25-14)27-18(29)13(3)26-19(30)15(23)6-4-5-7-22/h10-13,15-17H,4-9,22-23H2,1-3H3,(H,24,25)(H,26,30)(H,27,29)(H,28,31)(H,32,33). The molecule has 0 aromatic carbocycles. The zero-order chi connectivity index (χ0) is 25.0. The van der Waals surface area contributed by atoms with Crippen LogP contribution in [0, 0.1) is 5.92 Å². The first kappa shape index (κ1) is 28.0. The first-order chi connectivity index (χ1) is 15.5. The molecule has 12 nitrogen and oxygen atoms in total. The van der Waals surface area contributed by atoms with E-state index in [-0.39, 0.29) is 18.8 Å². The molecule has 12 heteroatoms. The molecule has 1 heterocycles. The fraction of sp³-hybridized carbons (Fsp3) is 0.667. The van der Waals surface area contributed by atoms with Gasteiger partial charge in [0.05, 0.1) is 12.4 Å². The molecular formula is C21H37N7O5. The Kier molecular flexibility index (Phi) is 12.1. The van der Waals surface area contributed by atoms with Gasteiger partial charge in [0.2, 0.25) is 17.7 Å². The Bertz CT molecular complexity index is 769. The Morgan fingerprint density at radius 1 is 1.03 bits per heavy atom. The highest BCUT2D eigenvalue weighted by atomic mass is 16.4. The number of hydrogen-bond acceptors (Lipinski definition) is 7. The van der Waals surface area contributed by atoms with Gasteiger partial charge in [-0.3, -0.25) is 14.4 Å². The van der Waals surface area contributed by atoms with Gasteiger partial charge in [-0.25, -0.2) is 9.78 Å². The predicted molar refractivity (Wildman–Crippen MR) is 122 cm³/mol. The molecule has 1 aromatic heterocycles. The highest BCUT2D eigenvalue weighted by Crippen LogP contribution is 2.07. The molecule has 186 valence electrons. The van der Waals surface area contributed by atoms with Crippen LogP contribution in [-0.2, 0) is 25.6 Å². The van der Waals surface area contributed by atoms with Crippen molar-refractivity contribution < 1.29 is 24.3 Å². The Balaban J connectivity index is 2.81. The lowest BCUT2D eigenvalue weighted by atomic mass is 10.0. The molecule has 0 fully saturated rings. The number of nitrogens with one attached hydrogen (secondary N) is 4.